The third-order valence-electron chi connectivity index (χ3n) is 2.40. The van der Waals surface area contributed by atoms with Crippen LogP contribution in [-0.4, -0.2) is 57.6 Å². The Hall–Kier alpha value is 2.06. The molecule has 0 atom stereocenters. The number of hydrogen-bond acceptors (Lipinski definition) is 0. The van der Waals surface area contributed by atoms with Gasteiger partial charge in [0, 0.05) is 5.33 Å². The third-order valence-corrected chi connectivity index (χ3v) is 5.39. The molecule has 0 aliphatic carbocycles. The minimum atomic E-state index is -0.148. The first-order chi connectivity index (χ1) is 10.7. The third kappa shape index (κ3) is 80.5. The predicted octanol–water partition coefficient (Wildman–Crippen LogP) is 9.12. The zero-order valence-corrected chi connectivity index (χ0v) is 22.5. The van der Waals surface area contributed by atoms with Crippen LogP contribution in [0, 0.1) is 0 Å². The number of unbranched alkanes of at least 4 members (excludes halogenated alkanes) is 3. The first-order valence-corrected chi connectivity index (χ1v) is 18.0. The van der Waals surface area contributed by atoms with Crippen LogP contribution in [0.1, 0.15) is 59.3 Å². The summed E-state index contributed by atoms with van der Waals surface area (Å²) in [4.78, 5) is 0. The van der Waals surface area contributed by atoms with E-state index in [0.717, 1.165) is 5.33 Å². The lowest BCUT2D eigenvalue weighted by Crippen LogP contribution is -1.77. The molecule has 0 N–H and O–H groups in total. The van der Waals surface area contributed by atoms with E-state index in [4.69, 9.17) is 11.2 Å². The lowest BCUT2D eigenvalue weighted by Gasteiger charge is -2.00. The summed E-state index contributed by atoms with van der Waals surface area (Å²) < 4.78 is 0. The second-order valence-electron chi connectivity index (χ2n) is 6.14. The van der Waals surface area contributed by atoms with Gasteiger partial charge in [0.05, 0.1) is 0 Å². The summed E-state index contributed by atoms with van der Waals surface area (Å²) in [6.45, 7) is 20.0. The summed E-state index contributed by atoms with van der Waals surface area (Å²) in [5.41, 5.74) is 0. The molecular formula is C18H45BrClP3. The molecule has 0 aromatic carbocycles. The van der Waals surface area contributed by atoms with Crippen LogP contribution in [0.25, 0.3) is 0 Å². The van der Waals surface area contributed by atoms with Gasteiger partial charge in [-0.25, -0.2) is 0 Å². The number of alkyl halides is 1. The molecule has 0 aromatic heterocycles. The van der Waals surface area contributed by atoms with Crippen LogP contribution in [0.2, 0.25) is 0 Å². The van der Waals surface area contributed by atoms with E-state index in [-0.39, 0.29) is 7.27 Å². The molecule has 0 fully saturated rings. The average Bonchev–Trinajstić information content (AvgIpc) is 2.44. The molecule has 0 bridgehead atoms. The van der Waals surface area contributed by atoms with Crippen molar-refractivity contribution in [3.8, 4) is 0 Å². The smallest absolute Gasteiger partial charge is 0.00312 e. The largest absolute Gasteiger partial charge is 0.113 e. The van der Waals surface area contributed by atoms with Crippen molar-refractivity contribution in [1.29, 1.82) is 0 Å². The van der Waals surface area contributed by atoms with Crippen molar-refractivity contribution >= 4 is 50.3 Å². The van der Waals surface area contributed by atoms with Crippen molar-refractivity contribution in [3.63, 3.8) is 0 Å². The summed E-state index contributed by atoms with van der Waals surface area (Å²) in [5, 5.41) is 1.16. The summed E-state index contributed by atoms with van der Waals surface area (Å²) in [5.74, 6) is 0. The van der Waals surface area contributed by atoms with E-state index in [9.17, 15) is 0 Å². The molecule has 0 rings (SSSR count). The maximum atomic E-state index is 5.34. The SMILES string of the molecule is CCCCBr.CCCCP(C)C.CCCCP(C)C.CP(C)Cl. The monoisotopic (exact) mass is 468 g/mol. The van der Waals surface area contributed by atoms with Crippen molar-refractivity contribution in [1.82, 2.24) is 0 Å². The highest BCUT2D eigenvalue weighted by atomic mass is 79.9. The molecule has 0 spiro atoms. The fourth-order valence-electron chi connectivity index (χ4n) is 1.08. The van der Waals surface area contributed by atoms with Gasteiger partial charge in [-0.3, -0.25) is 0 Å². The Morgan fingerprint density at radius 1 is 0.652 bits per heavy atom. The summed E-state index contributed by atoms with van der Waals surface area (Å²) in [6.07, 6.45) is 11.1. The van der Waals surface area contributed by atoms with Crippen LogP contribution in [0.15, 0.2) is 0 Å². The minimum Gasteiger partial charge on any atom is -0.113 e. The highest BCUT2D eigenvalue weighted by Gasteiger charge is 1.88. The number of halogens is 2. The second-order valence-corrected chi connectivity index (χ2v) is 15.7. The van der Waals surface area contributed by atoms with E-state index < -0.39 is 0 Å². The number of rotatable bonds is 8. The first kappa shape index (κ1) is 32.7. The van der Waals surface area contributed by atoms with E-state index >= 15 is 0 Å². The average molecular weight is 470 g/mol. The van der Waals surface area contributed by atoms with Gasteiger partial charge in [0.2, 0.25) is 0 Å². The van der Waals surface area contributed by atoms with Crippen molar-refractivity contribution < 1.29 is 0 Å². The Labute approximate surface area is 166 Å². The summed E-state index contributed by atoms with van der Waals surface area (Å²) in [6, 6.07) is 0. The highest BCUT2D eigenvalue weighted by molar-refractivity contribution is 9.09. The Morgan fingerprint density at radius 2 is 0.913 bits per heavy atom. The lowest BCUT2D eigenvalue weighted by atomic mass is 10.4. The predicted molar refractivity (Wildman–Crippen MR) is 130 cm³/mol. The molecule has 0 aliphatic heterocycles. The van der Waals surface area contributed by atoms with Crippen LogP contribution in [0.5, 0.6) is 0 Å². The standard InChI is InChI=1S/2C6H15P.C4H9Br.C2H6ClP/c2*1-4-5-6-7(2)3;1-2-3-4-5;1-4(2)3/h2*4-6H2,1-3H3;2-4H2,1H3;1-2H3. The lowest BCUT2D eigenvalue weighted by molar-refractivity contribution is 0.892. The molecule has 0 amide bonds. The van der Waals surface area contributed by atoms with Crippen molar-refractivity contribution in [2.45, 2.75) is 59.3 Å². The van der Waals surface area contributed by atoms with Gasteiger partial charge in [0.25, 0.3) is 0 Å². The van der Waals surface area contributed by atoms with Crippen LogP contribution >= 0.6 is 50.3 Å². The van der Waals surface area contributed by atoms with Gasteiger partial charge in [-0.15, -0.1) is 15.8 Å². The normalized spacial score (nSPS) is 9.65. The fraction of sp³-hybridized carbons (Fsp3) is 1.00. The summed E-state index contributed by atoms with van der Waals surface area (Å²) >= 11 is 8.65. The van der Waals surface area contributed by atoms with E-state index in [1.165, 1.54) is 50.8 Å². The van der Waals surface area contributed by atoms with Gasteiger partial charge in [0.1, 0.15) is 0 Å². The van der Waals surface area contributed by atoms with E-state index in [1.807, 2.05) is 13.3 Å². The van der Waals surface area contributed by atoms with E-state index in [2.05, 4.69) is 63.4 Å². The molecule has 146 valence electrons. The van der Waals surface area contributed by atoms with Crippen LogP contribution in [-0.2, 0) is 0 Å². The second kappa shape index (κ2) is 31.8. The van der Waals surface area contributed by atoms with Crippen molar-refractivity contribution in [2.75, 3.05) is 57.6 Å². The molecule has 0 aliphatic rings. The van der Waals surface area contributed by atoms with Crippen LogP contribution in [0.4, 0.5) is 0 Å². The Kier molecular flexibility index (Phi) is 45.2. The van der Waals surface area contributed by atoms with Crippen LogP contribution < -0.4 is 0 Å². The Balaban J connectivity index is -0.000000107. The highest BCUT2D eigenvalue weighted by Crippen LogP contribution is 2.29. The molecule has 0 heterocycles. The minimum absolute atomic E-state index is 0.148. The van der Waals surface area contributed by atoms with Gasteiger partial charge < -0.3 is 0 Å². The number of hydrogen-bond donors (Lipinski definition) is 0. The molecule has 0 aromatic rings. The van der Waals surface area contributed by atoms with Crippen LogP contribution in [0.3, 0.4) is 0 Å². The maximum absolute atomic E-state index is 5.34. The van der Waals surface area contributed by atoms with E-state index in [1.54, 1.807) is 0 Å². The fourth-order valence-corrected chi connectivity index (χ4v) is 3.54. The molecule has 0 radical (unpaired) electrons. The van der Waals surface area contributed by atoms with Gasteiger partial charge in [0.15, 0.2) is 0 Å². The summed E-state index contributed by atoms with van der Waals surface area (Å²) in [7, 11) is 0.639. The van der Waals surface area contributed by atoms with Gasteiger partial charge in [-0.1, -0.05) is 67.2 Å². The van der Waals surface area contributed by atoms with Gasteiger partial charge >= 0.3 is 0 Å². The molecule has 5 heteroatoms. The Morgan fingerprint density at radius 3 is 0.957 bits per heavy atom. The zero-order valence-electron chi connectivity index (χ0n) is 17.5. The molecule has 0 nitrogen and oxygen atoms in total. The van der Waals surface area contributed by atoms with Gasteiger partial charge in [-0.05, 0) is 78.8 Å². The molecular weight excluding hydrogens is 424 g/mol. The molecule has 0 saturated heterocycles. The molecule has 0 saturated carbocycles. The maximum Gasteiger partial charge on any atom is 0.00312 e. The van der Waals surface area contributed by atoms with Crippen molar-refractivity contribution in [2.24, 2.45) is 0 Å². The first-order valence-electron chi connectivity index (χ1n) is 8.87. The zero-order chi connectivity index (χ0) is 19.1. The molecule has 23 heavy (non-hydrogen) atoms. The van der Waals surface area contributed by atoms with E-state index in [0.29, 0.717) is 15.8 Å². The van der Waals surface area contributed by atoms with Crippen molar-refractivity contribution in [3.05, 3.63) is 0 Å². The quantitative estimate of drug-likeness (QED) is 0.245. The van der Waals surface area contributed by atoms with Gasteiger partial charge in [-0.2, -0.15) is 0 Å². The molecule has 0 unspecified atom stereocenters. The topological polar surface area (TPSA) is 0 Å². The Bertz CT molecular complexity index is 152.